The van der Waals surface area contributed by atoms with E-state index in [1.165, 1.54) is 0 Å². The van der Waals surface area contributed by atoms with Gasteiger partial charge in [-0.3, -0.25) is 0 Å². The molecule has 0 aliphatic heterocycles. The van der Waals surface area contributed by atoms with Gasteiger partial charge in [0, 0.05) is 13.7 Å². The number of aliphatic hydroxyl groups excluding tert-OH is 1. The smallest absolute Gasteiger partial charge is 0.119 e. The van der Waals surface area contributed by atoms with Crippen LogP contribution in [-0.2, 0) is 11.3 Å². The van der Waals surface area contributed by atoms with Gasteiger partial charge in [0.1, 0.15) is 5.75 Å². The van der Waals surface area contributed by atoms with Gasteiger partial charge in [-0.2, -0.15) is 0 Å². The van der Waals surface area contributed by atoms with E-state index in [2.05, 4.69) is 19.2 Å². The summed E-state index contributed by atoms with van der Waals surface area (Å²) in [5.74, 6) is 1.57. The normalized spacial score (nSPS) is 12.7. The molecule has 1 atom stereocenters. The first-order chi connectivity index (χ1) is 9.65. The first-order valence-corrected chi connectivity index (χ1v) is 7.20. The number of hydrogen-bond donors (Lipinski definition) is 2. The Labute approximate surface area is 122 Å². The van der Waals surface area contributed by atoms with Gasteiger partial charge < -0.3 is 19.9 Å². The molecule has 1 aromatic carbocycles. The number of aliphatic hydroxyl groups is 1. The molecule has 114 valence electrons. The average molecular weight is 281 g/mol. The molecular weight excluding hydrogens is 254 g/mol. The van der Waals surface area contributed by atoms with Crippen molar-refractivity contribution in [2.45, 2.75) is 32.9 Å². The molecule has 4 heteroatoms. The second-order valence-corrected chi connectivity index (χ2v) is 5.39. The molecule has 0 aliphatic carbocycles. The quantitative estimate of drug-likeness (QED) is 0.690. The van der Waals surface area contributed by atoms with E-state index in [1.54, 1.807) is 7.11 Å². The first-order valence-electron chi connectivity index (χ1n) is 7.20. The molecule has 0 radical (unpaired) electrons. The monoisotopic (exact) mass is 281 g/mol. The molecule has 0 heterocycles. The van der Waals surface area contributed by atoms with Gasteiger partial charge in [0.2, 0.25) is 0 Å². The first kappa shape index (κ1) is 17.0. The van der Waals surface area contributed by atoms with E-state index >= 15 is 0 Å². The van der Waals surface area contributed by atoms with Crippen molar-refractivity contribution < 1.29 is 14.6 Å². The molecule has 4 nitrogen and oxygen atoms in total. The number of methoxy groups -OCH3 is 1. The summed E-state index contributed by atoms with van der Waals surface area (Å²) < 4.78 is 10.7. The minimum Gasteiger partial charge on any atom is -0.494 e. The summed E-state index contributed by atoms with van der Waals surface area (Å²) in [5.41, 5.74) is 1.16. The highest BCUT2D eigenvalue weighted by molar-refractivity contribution is 5.27. The van der Waals surface area contributed by atoms with Gasteiger partial charge in [-0.1, -0.05) is 26.0 Å². The molecule has 0 spiro atoms. The molecule has 1 unspecified atom stereocenters. The highest BCUT2D eigenvalue weighted by Crippen LogP contribution is 2.13. The Balaban J connectivity index is 2.34. The SMILES string of the molecule is COCC(CO)NCc1ccc(OCCC(C)C)cc1. The lowest BCUT2D eigenvalue weighted by molar-refractivity contribution is 0.128. The van der Waals surface area contributed by atoms with Crippen LogP contribution in [0.2, 0.25) is 0 Å². The van der Waals surface area contributed by atoms with Crippen LogP contribution >= 0.6 is 0 Å². The maximum atomic E-state index is 9.16. The minimum atomic E-state index is -0.0260. The van der Waals surface area contributed by atoms with E-state index in [9.17, 15) is 0 Å². The van der Waals surface area contributed by atoms with Crippen molar-refractivity contribution in [3.8, 4) is 5.75 Å². The van der Waals surface area contributed by atoms with Gasteiger partial charge >= 0.3 is 0 Å². The fourth-order valence-electron chi connectivity index (χ4n) is 1.76. The second kappa shape index (κ2) is 9.75. The highest BCUT2D eigenvalue weighted by Gasteiger charge is 2.05. The summed E-state index contributed by atoms with van der Waals surface area (Å²) in [7, 11) is 1.63. The largest absolute Gasteiger partial charge is 0.494 e. The van der Waals surface area contributed by atoms with Crippen LogP contribution in [-0.4, -0.2) is 38.1 Å². The van der Waals surface area contributed by atoms with E-state index in [4.69, 9.17) is 14.6 Å². The summed E-state index contributed by atoms with van der Waals surface area (Å²) in [6, 6.07) is 8.03. The summed E-state index contributed by atoms with van der Waals surface area (Å²) in [5, 5.41) is 12.4. The lowest BCUT2D eigenvalue weighted by atomic mass is 10.1. The molecule has 1 rings (SSSR count). The zero-order chi connectivity index (χ0) is 14.8. The number of ether oxygens (including phenoxy) is 2. The van der Waals surface area contributed by atoms with E-state index in [1.807, 2.05) is 24.3 Å². The van der Waals surface area contributed by atoms with Crippen molar-refractivity contribution in [2.24, 2.45) is 5.92 Å². The molecule has 1 aromatic rings. The zero-order valence-corrected chi connectivity index (χ0v) is 12.8. The molecule has 0 aromatic heterocycles. The zero-order valence-electron chi connectivity index (χ0n) is 12.8. The highest BCUT2D eigenvalue weighted by atomic mass is 16.5. The summed E-state index contributed by atoms with van der Waals surface area (Å²) in [6.45, 7) is 6.43. The molecule has 20 heavy (non-hydrogen) atoms. The van der Waals surface area contributed by atoms with Crippen molar-refractivity contribution in [2.75, 3.05) is 26.9 Å². The number of nitrogens with one attached hydrogen (secondary N) is 1. The Morgan fingerprint density at radius 3 is 2.45 bits per heavy atom. The van der Waals surface area contributed by atoms with Gasteiger partial charge in [-0.15, -0.1) is 0 Å². The third kappa shape index (κ3) is 6.89. The molecule has 0 saturated heterocycles. The summed E-state index contributed by atoms with van der Waals surface area (Å²) in [4.78, 5) is 0. The summed E-state index contributed by atoms with van der Waals surface area (Å²) >= 11 is 0. The van der Waals surface area contributed by atoms with Gasteiger partial charge in [0.15, 0.2) is 0 Å². The predicted molar refractivity (Wildman–Crippen MR) is 81.0 cm³/mol. The van der Waals surface area contributed by atoms with E-state index in [-0.39, 0.29) is 12.6 Å². The topological polar surface area (TPSA) is 50.7 Å². The minimum absolute atomic E-state index is 0.0260. The Bertz CT molecular complexity index is 351. The molecular formula is C16H27NO3. The van der Waals surface area contributed by atoms with Crippen molar-refractivity contribution in [1.29, 1.82) is 0 Å². The van der Waals surface area contributed by atoms with Gasteiger partial charge in [-0.25, -0.2) is 0 Å². The Hall–Kier alpha value is -1.10. The van der Waals surface area contributed by atoms with Crippen molar-refractivity contribution in [3.63, 3.8) is 0 Å². The Kier molecular flexibility index (Phi) is 8.26. The van der Waals surface area contributed by atoms with Crippen molar-refractivity contribution in [1.82, 2.24) is 5.32 Å². The van der Waals surface area contributed by atoms with Crippen LogP contribution in [0.1, 0.15) is 25.8 Å². The maximum Gasteiger partial charge on any atom is 0.119 e. The molecule has 0 bridgehead atoms. The van der Waals surface area contributed by atoms with Gasteiger partial charge in [-0.05, 0) is 30.0 Å². The van der Waals surface area contributed by atoms with Gasteiger partial charge in [0.05, 0.1) is 25.9 Å². The fourth-order valence-corrected chi connectivity index (χ4v) is 1.76. The second-order valence-electron chi connectivity index (χ2n) is 5.39. The molecule has 0 amide bonds. The number of hydrogen-bond acceptors (Lipinski definition) is 4. The standard InChI is InChI=1S/C16H27NO3/c1-13(2)8-9-20-16-6-4-14(5-7-16)10-17-15(11-18)12-19-3/h4-7,13,15,17-18H,8-12H2,1-3H3. The van der Waals surface area contributed by atoms with Crippen molar-refractivity contribution in [3.05, 3.63) is 29.8 Å². The van der Waals surface area contributed by atoms with Crippen LogP contribution in [0.5, 0.6) is 5.75 Å². The molecule has 2 N–H and O–H groups in total. The predicted octanol–water partition coefficient (Wildman–Crippen LogP) is 2.21. The van der Waals surface area contributed by atoms with E-state index in [0.29, 0.717) is 19.1 Å². The third-order valence-corrected chi connectivity index (χ3v) is 3.07. The van der Waals surface area contributed by atoms with E-state index < -0.39 is 0 Å². The average Bonchev–Trinajstić information content (AvgIpc) is 2.44. The third-order valence-electron chi connectivity index (χ3n) is 3.07. The van der Waals surface area contributed by atoms with Crippen LogP contribution in [0, 0.1) is 5.92 Å². The Morgan fingerprint density at radius 2 is 1.90 bits per heavy atom. The van der Waals surface area contributed by atoms with Gasteiger partial charge in [0.25, 0.3) is 0 Å². The fraction of sp³-hybridized carbons (Fsp3) is 0.625. The number of rotatable bonds is 10. The van der Waals surface area contributed by atoms with Crippen LogP contribution < -0.4 is 10.1 Å². The van der Waals surface area contributed by atoms with Crippen molar-refractivity contribution >= 4 is 0 Å². The van der Waals surface area contributed by atoms with E-state index in [0.717, 1.165) is 24.3 Å². The lowest BCUT2D eigenvalue weighted by Crippen LogP contribution is -2.35. The Morgan fingerprint density at radius 1 is 1.20 bits per heavy atom. The van der Waals surface area contributed by atoms with Crippen LogP contribution in [0.3, 0.4) is 0 Å². The molecule has 0 fully saturated rings. The summed E-state index contributed by atoms with van der Waals surface area (Å²) in [6.07, 6.45) is 1.07. The van der Waals surface area contributed by atoms with Crippen LogP contribution in [0.15, 0.2) is 24.3 Å². The lowest BCUT2D eigenvalue weighted by Gasteiger charge is -2.15. The molecule has 0 aliphatic rings. The van der Waals surface area contributed by atoms with Crippen LogP contribution in [0.25, 0.3) is 0 Å². The maximum absolute atomic E-state index is 9.16. The molecule has 0 saturated carbocycles. The van der Waals surface area contributed by atoms with Crippen LogP contribution in [0.4, 0.5) is 0 Å². The number of benzene rings is 1.